The van der Waals surface area contributed by atoms with Crippen molar-refractivity contribution in [3.63, 3.8) is 0 Å². The van der Waals surface area contributed by atoms with Crippen molar-refractivity contribution >= 4 is 49.2 Å². The van der Waals surface area contributed by atoms with E-state index in [9.17, 15) is 28.6 Å². The third-order valence-electron chi connectivity index (χ3n) is 5.45. The second kappa shape index (κ2) is 14.0. The van der Waals surface area contributed by atoms with Crippen LogP contribution in [0.5, 0.6) is 23.0 Å². The molecular formula is C28H27Cl2N3O8S. The highest BCUT2D eigenvalue weighted by atomic mass is 35.7. The summed E-state index contributed by atoms with van der Waals surface area (Å²) in [4.78, 5) is 20.1. The van der Waals surface area contributed by atoms with Crippen molar-refractivity contribution < 1.29 is 27.7 Å². The van der Waals surface area contributed by atoms with Gasteiger partial charge in [-0.1, -0.05) is 12.1 Å². The summed E-state index contributed by atoms with van der Waals surface area (Å²) < 4.78 is 34.3. The predicted octanol–water partition coefficient (Wildman–Crippen LogP) is 7.94. The van der Waals surface area contributed by atoms with E-state index in [4.69, 9.17) is 25.9 Å². The molecule has 0 aliphatic carbocycles. The number of nitrogens with two attached hydrogens (primary N) is 1. The van der Waals surface area contributed by atoms with Crippen molar-refractivity contribution in [2.45, 2.75) is 32.6 Å². The average Bonchev–Trinajstić information content (AvgIpc) is 2.83. The number of anilines is 1. The minimum atomic E-state index is -4.09. The summed E-state index contributed by atoms with van der Waals surface area (Å²) in [6.07, 6.45) is 0. The fraction of sp³-hybridized carbons (Fsp3) is 0.143. The molecule has 0 saturated heterocycles. The Labute approximate surface area is 253 Å². The molecule has 4 rings (SSSR count). The fourth-order valence-corrected chi connectivity index (χ4v) is 4.81. The number of aryl methyl sites for hydroxylation is 4. The Bertz CT molecular complexity index is 1710. The van der Waals surface area contributed by atoms with Crippen molar-refractivity contribution in [1.82, 2.24) is 0 Å². The Morgan fingerprint density at radius 2 is 1.05 bits per heavy atom. The van der Waals surface area contributed by atoms with Crippen LogP contribution < -0.4 is 15.2 Å². The molecule has 0 spiro atoms. The molecule has 0 heterocycles. The Kier molecular flexibility index (Phi) is 11.3. The molecule has 0 saturated carbocycles. The van der Waals surface area contributed by atoms with Crippen LogP contribution in [-0.4, -0.2) is 18.3 Å². The topological polar surface area (TPSA) is 165 Å². The van der Waals surface area contributed by atoms with E-state index < -0.39 is 18.9 Å². The number of halogens is 2. The lowest BCUT2D eigenvalue weighted by atomic mass is 10.1. The maximum absolute atomic E-state index is 11.6. The van der Waals surface area contributed by atoms with Gasteiger partial charge in [-0.25, -0.2) is 8.42 Å². The molecule has 0 aromatic heterocycles. The number of hydrogen-bond acceptors (Lipinski definition) is 9. The van der Waals surface area contributed by atoms with Crippen molar-refractivity contribution in [2.24, 2.45) is 0 Å². The van der Waals surface area contributed by atoms with E-state index in [1.807, 2.05) is 52.0 Å². The molecule has 0 atom stereocenters. The summed E-state index contributed by atoms with van der Waals surface area (Å²) in [6.45, 7) is 7.62. The molecule has 0 unspecified atom stereocenters. The van der Waals surface area contributed by atoms with Crippen LogP contribution in [0.2, 0.25) is 0 Å². The molecule has 0 radical (unpaired) electrons. The van der Waals surface area contributed by atoms with Gasteiger partial charge in [-0.05, 0) is 86.3 Å². The average molecular weight is 637 g/mol. The molecule has 2 N–H and O–H groups in total. The van der Waals surface area contributed by atoms with Crippen molar-refractivity contribution in [2.75, 3.05) is 5.73 Å². The molecule has 0 aliphatic rings. The molecule has 222 valence electrons. The maximum Gasteiger partial charge on any atom is 0.273 e. The molecule has 4 aromatic carbocycles. The summed E-state index contributed by atoms with van der Waals surface area (Å²) in [6, 6.07) is 18.3. The Morgan fingerprint density at radius 3 is 1.45 bits per heavy atom. The van der Waals surface area contributed by atoms with Gasteiger partial charge >= 0.3 is 0 Å². The minimum absolute atomic E-state index is 0. The first-order valence-electron chi connectivity index (χ1n) is 11.9. The van der Waals surface area contributed by atoms with Crippen molar-refractivity contribution in [1.29, 1.82) is 0 Å². The largest absolute Gasteiger partial charge is 0.456 e. The lowest BCUT2D eigenvalue weighted by Gasteiger charge is -2.10. The highest BCUT2D eigenvalue weighted by Gasteiger charge is 2.21. The van der Waals surface area contributed by atoms with Crippen LogP contribution >= 0.6 is 23.1 Å². The second-order valence-electron chi connectivity index (χ2n) is 9.16. The second-order valence-corrected chi connectivity index (χ2v) is 11.7. The zero-order valence-electron chi connectivity index (χ0n) is 22.9. The highest BCUT2D eigenvalue weighted by Crippen LogP contribution is 2.35. The monoisotopic (exact) mass is 635 g/mol. The van der Waals surface area contributed by atoms with E-state index >= 15 is 0 Å². The third kappa shape index (κ3) is 9.33. The van der Waals surface area contributed by atoms with Gasteiger partial charge in [-0.3, -0.25) is 20.2 Å². The summed E-state index contributed by atoms with van der Waals surface area (Å²) >= 11 is 0. The standard InChI is InChI=1S/C14H12ClNO5S.C14H14N2O3.ClH/c1-9-5-10(2)7-12(6-9)21-13-8-11(16(17)18)3-4-14(13)22(15,19)20;1-9-5-10(2)7-12(6-9)19-14-8-11(16(17)18)3-4-13(14)15;/h3-8H,1-2H3;3-8H,15H2,1-2H3;1H. The number of nitro benzene ring substituents is 2. The molecule has 0 aliphatic heterocycles. The van der Waals surface area contributed by atoms with Gasteiger partial charge in [-0.2, -0.15) is 0 Å². The van der Waals surface area contributed by atoms with Gasteiger partial charge in [0, 0.05) is 22.8 Å². The number of nitrogen functional groups attached to an aromatic ring is 1. The third-order valence-corrected chi connectivity index (χ3v) is 6.82. The molecule has 42 heavy (non-hydrogen) atoms. The summed E-state index contributed by atoms with van der Waals surface area (Å²) in [5, 5.41) is 21.6. The first-order valence-corrected chi connectivity index (χ1v) is 14.2. The Hall–Kier alpha value is -4.39. The highest BCUT2D eigenvalue weighted by molar-refractivity contribution is 8.13. The van der Waals surface area contributed by atoms with Crippen molar-refractivity contribution in [3.8, 4) is 23.0 Å². The quantitative estimate of drug-likeness (QED) is 0.0917. The Balaban J connectivity index is 0.000000289. The van der Waals surface area contributed by atoms with Gasteiger partial charge in [0.05, 0.1) is 27.7 Å². The fourth-order valence-electron chi connectivity index (χ4n) is 3.85. The van der Waals surface area contributed by atoms with Gasteiger partial charge in [0.2, 0.25) is 0 Å². The van der Waals surface area contributed by atoms with Crippen LogP contribution in [0.25, 0.3) is 0 Å². The zero-order valence-corrected chi connectivity index (χ0v) is 25.2. The van der Waals surface area contributed by atoms with E-state index in [2.05, 4.69) is 0 Å². The lowest BCUT2D eigenvalue weighted by Crippen LogP contribution is -1.98. The first kappa shape index (κ1) is 33.8. The molecule has 0 fully saturated rings. The number of non-ortho nitro benzene ring substituents is 2. The lowest BCUT2D eigenvalue weighted by molar-refractivity contribution is -0.385. The van der Waals surface area contributed by atoms with Gasteiger partial charge in [0.1, 0.15) is 16.4 Å². The van der Waals surface area contributed by atoms with Crippen LogP contribution in [-0.2, 0) is 9.05 Å². The SMILES string of the molecule is Cc1cc(C)cc(Oc2cc([N+](=O)[O-])ccc2N)c1.Cc1cc(C)cc(Oc2cc([N+](=O)[O-])ccc2S(=O)(=O)Cl)c1.Cl. The summed E-state index contributed by atoms with van der Waals surface area (Å²) in [7, 11) is 1.26. The minimum Gasteiger partial charge on any atom is -0.456 e. The van der Waals surface area contributed by atoms with E-state index in [0.29, 0.717) is 22.9 Å². The van der Waals surface area contributed by atoms with E-state index in [-0.39, 0.29) is 34.4 Å². The van der Waals surface area contributed by atoms with E-state index in [0.717, 1.165) is 40.5 Å². The molecule has 0 amide bonds. The normalized spacial score (nSPS) is 10.5. The van der Waals surface area contributed by atoms with Crippen LogP contribution in [0.1, 0.15) is 22.3 Å². The van der Waals surface area contributed by atoms with Crippen LogP contribution in [0, 0.1) is 47.9 Å². The molecular weight excluding hydrogens is 609 g/mol. The first-order chi connectivity index (χ1) is 19.1. The number of hydrogen-bond donors (Lipinski definition) is 1. The van der Waals surface area contributed by atoms with Crippen LogP contribution in [0.3, 0.4) is 0 Å². The van der Waals surface area contributed by atoms with Gasteiger partial charge < -0.3 is 15.2 Å². The van der Waals surface area contributed by atoms with E-state index in [1.165, 1.54) is 18.2 Å². The molecule has 11 nitrogen and oxygen atoms in total. The van der Waals surface area contributed by atoms with Gasteiger partial charge in [-0.15, -0.1) is 12.4 Å². The zero-order chi connectivity index (χ0) is 30.5. The van der Waals surface area contributed by atoms with Crippen molar-refractivity contribution in [3.05, 3.63) is 115 Å². The maximum atomic E-state index is 11.6. The smallest absolute Gasteiger partial charge is 0.273 e. The van der Waals surface area contributed by atoms with Crippen LogP contribution in [0.4, 0.5) is 17.1 Å². The number of nitrogens with zero attached hydrogens (tertiary/aromatic N) is 2. The van der Waals surface area contributed by atoms with Gasteiger partial charge in [0.15, 0.2) is 11.5 Å². The van der Waals surface area contributed by atoms with E-state index in [1.54, 1.807) is 12.1 Å². The molecule has 14 heteroatoms. The molecule has 4 aromatic rings. The molecule has 0 bridgehead atoms. The van der Waals surface area contributed by atoms with Gasteiger partial charge in [0.25, 0.3) is 20.4 Å². The number of ether oxygens (including phenoxy) is 2. The number of nitro groups is 2. The number of rotatable bonds is 7. The summed E-state index contributed by atoms with van der Waals surface area (Å²) in [5.41, 5.74) is 9.73. The van der Waals surface area contributed by atoms with Crippen LogP contribution in [0.15, 0.2) is 77.7 Å². The summed E-state index contributed by atoms with van der Waals surface area (Å²) in [5.74, 6) is 1.10. The Morgan fingerprint density at radius 1 is 0.667 bits per heavy atom. The predicted molar refractivity (Wildman–Crippen MR) is 163 cm³/mol. The number of benzene rings is 4.